The number of benzene rings is 1. The number of rotatable bonds is 1. The van der Waals surface area contributed by atoms with E-state index in [1.807, 2.05) is 0 Å². The molecular weight excluding hydrogens is 274 g/mol. The first-order chi connectivity index (χ1) is 8.04. The first kappa shape index (κ1) is 12.6. The van der Waals surface area contributed by atoms with Gasteiger partial charge >= 0.3 is 0 Å². The number of para-hydroxylation sites is 1. The Labute approximate surface area is 112 Å². The Bertz CT molecular complexity index is 472. The number of aliphatic imine (C=N–C) groups is 1. The van der Waals surface area contributed by atoms with Crippen molar-refractivity contribution in [2.75, 3.05) is 5.33 Å². The molecule has 0 aromatic heterocycles. The molecule has 0 bridgehead atoms. The monoisotopic (exact) mass is 291 g/mol. The summed E-state index contributed by atoms with van der Waals surface area (Å²) in [6.07, 6.45) is 4.41. The maximum Gasteiger partial charge on any atom is 0.0668 e. The molecule has 0 saturated heterocycles. The van der Waals surface area contributed by atoms with E-state index in [1.54, 1.807) is 0 Å². The Morgan fingerprint density at radius 1 is 1.29 bits per heavy atom. The van der Waals surface area contributed by atoms with Gasteiger partial charge in [0.15, 0.2) is 0 Å². The molecule has 1 nitrogen and oxygen atoms in total. The lowest BCUT2D eigenvalue weighted by atomic mass is 9.75. The highest BCUT2D eigenvalue weighted by molar-refractivity contribution is 9.09. The van der Waals surface area contributed by atoms with E-state index in [2.05, 4.69) is 73.1 Å². The molecule has 0 fully saturated rings. The van der Waals surface area contributed by atoms with Gasteiger partial charge in [-0.3, -0.25) is 4.99 Å². The minimum atomic E-state index is 0.152. The second-order valence-electron chi connectivity index (χ2n) is 5.17. The number of halogens is 1. The van der Waals surface area contributed by atoms with Crippen LogP contribution in [-0.4, -0.2) is 11.0 Å². The highest BCUT2D eigenvalue weighted by atomic mass is 79.9. The maximum atomic E-state index is 4.72. The van der Waals surface area contributed by atoms with Crippen LogP contribution in [-0.2, 0) is 0 Å². The summed E-state index contributed by atoms with van der Waals surface area (Å²) in [5.74, 6) is 0.468. The summed E-state index contributed by atoms with van der Waals surface area (Å²) < 4.78 is 0. The van der Waals surface area contributed by atoms with Crippen LogP contribution in [0.2, 0.25) is 0 Å². The number of hydrogen-bond acceptors (Lipinski definition) is 1. The predicted molar refractivity (Wildman–Crippen MR) is 78.7 cm³/mol. The molecule has 0 saturated carbocycles. The number of alkyl halides is 1. The van der Waals surface area contributed by atoms with Gasteiger partial charge in [-0.05, 0) is 29.0 Å². The fourth-order valence-corrected chi connectivity index (χ4v) is 2.39. The average molecular weight is 292 g/mol. The van der Waals surface area contributed by atoms with Gasteiger partial charge in [-0.25, -0.2) is 0 Å². The van der Waals surface area contributed by atoms with E-state index in [9.17, 15) is 0 Å². The summed E-state index contributed by atoms with van der Waals surface area (Å²) in [5.41, 5.74) is 3.67. The Morgan fingerprint density at radius 3 is 2.71 bits per heavy atom. The van der Waals surface area contributed by atoms with Crippen molar-refractivity contribution in [3.05, 3.63) is 42.0 Å². The highest BCUT2D eigenvalue weighted by Gasteiger charge is 2.27. The number of hydrogen-bond donors (Lipinski definition) is 0. The zero-order valence-electron chi connectivity index (χ0n) is 10.6. The second-order valence-corrected chi connectivity index (χ2v) is 5.73. The smallest absolute Gasteiger partial charge is 0.0668 e. The van der Waals surface area contributed by atoms with Gasteiger partial charge in [0.05, 0.1) is 11.4 Å². The lowest BCUT2D eigenvalue weighted by Gasteiger charge is -2.31. The van der Waals surface area contributed by atoms with E-state index >= 15 is 0 Å². The van der Waals surface area contributed by atoms with E-state index in [0.29, 0.717) is 5.92 Å². The van der Waals surface area contributed by atoms with E-state index in [1.165, 1.54) is 5.56 Å². The van der Waals surface area contributed by atoms with Crippen molar-refractivity contribution in [3.63, 3.8) is 0 Å². The van der Waals surface area contributed by atoms with E-state index in [-0.39, 0.29) is 5.41 Å². The molecule has 0 N–H and O–H groups in total. The first-order valence-corrected chi connectivity index (χ1v) is 7.08. The number of nitrogens with zero attached hydrogens (tertiary/aromatic N) is 1. The van der Waals surface area contributed by atoms with Gasteiger partial charge in [0.2, 0.25) is 0 Å². The molecule has 0 aliphatic carbocycles. The molecule has 0 radical (unpaired) electrons. The lowest BCUT2D eigenvalue weighted by molar-refractivity contribution is 0.395. The van der Waals surface area contributed by atoms with Crippen molar-refractivity contribution in [2.24, 2.45) is 10.4 Å². The van der Waals surface area contributed by atoms with Crippen LogP contribution in [0.1, 0.15) is 32.3 Å². The fraction of sp³-hybridized carbons (Fsp3) is 0.400. The Morgan fingerprint density at radius 2 is 2.00 bits per heavy atom. The highest BCUT2D eigenvalue weighted by Crippen LogP contribution is 2.41. The van der Waals surface area contributed by atoms with E-state index < -0.39 is 0 Å². The molecule has 1 aromatic carbocycles. The van der Waals surface area contributed by atoms with Crippen molar-refractivity contribution in [2.45, 2.75) is 26.7 Å². The van der Waals surface area contributed by atoms with Crippen molar-refractivity contribution in [1.82, 2.24) is 0 Å². The molecule has 1 atom stereocenters. The van der Waals surface area contributed by atoms with Crippen LogP contribution in [0.25, 0.3) is 0 Å². The van der Waals surface area contributed by atoms with Crippen LogP contribution in [0.4, 0.5) is 5.69 Å². The lowest BCUT2D eigenvalue weighted by Crippen LogP contribution is -2.19. The van der Waals surface area contributed by atoms with Crippen molar-refractivity contribution >= 4 is 27.3 Å². The van der Waals surface area contributed by atoms with Crippen LogP contribution in [0.3, 0.4) is 0 Å². The standard InChI is InChI=1S/C15H18BrN/c1-11-13-6-4-5-7-14(13)17-12(10-16)8-9-15(11,2)3/h4-9,11H,10H2,1-3H3. The zero-order valence-corrected chi connectivity index (χ0v) is 12.2. The second kappa shape index (κ2) is 4.77. The minimum absolute atomic E-state index is 0.152. The van der Waals surface area contributed by atoms with Gasteiger partial charge in [0, 0.05) is 5.33 Å². The van der Waals surface area contributed by atoms with Gasteiger partial charge in [-0.1, -0.05) is 61.0 Å². The Hall–Kier alpha value is -0.890. The summed E-state index contributed by atoms with van der Waals surface area (Å²) in [6.45, 7) is 6.84. The summed E-state index contributed by atoms with van der Waals surface area (Å²) in [7, 11) is 0. The molecule has 0 spiro atoms. The van der Waals surface area contributed by atoms with Gasteiger partial charge in [-0.15, -0.1) is 0 Å². The van der Waals surface area contributed by atoms with E-state index in [4.69, 9.17) is 4.99 Å². The maximum absolute atomic E-state index is 4.72. The van der Waals surface area contributed by atoms with Gasteiger partial charge < -0.3 is 0 Å². The third-order valence-corrected chi connectivity index (χ3v) is 4.20. The molecule has 1 aliphatic rings. The number of allylic oxidation sites excluding steroid dienone is 2. The normalized spacial score (nSPS) is 22.4. The Balaban J connectivity index is 2.61. The van der Waals surface area contributed by atoms with Crippen LogP contribution in [0.5, 0.6) is 0 Å². The molecule has 0 amide bonds. The SMILES string of the molecule is CC1c2ccccc2N=C(CBr)C=CC1(C)C. The quantitative estimate of drug-likeness (QED) is 0.656. The minimum Gasteiger partial charge on any atom is -0.252 e. The molecule has 90 valence electrons. The van der Waals surface area contributed by atoms with Gasteiger partial charge in [-0.2, -0.15) is 0 Å². The topological polar surface area (TPSA) is 12.4 Å². The molecule has 1 aromatic rings. The van der Waals surface area contributed by atoms with Crippen molar-refractivity contribution in [1.29, 1.82) is 0 Å². The summed E-state index contributed by atoms with van der Waals surface area (Å²) >= 11 is 3.49. The molecular formula is C15H18BrN. The molecule has 17 heavy (non-hydrogen) atoms. The van der Waals surface area contributed by atoms with Crippen molar-refractivity contribution < 1.29 is 0 Å². The molecule has 1 aliphatic heterocycles. The van der Waals surface area contributed by atoms with Crippen LogP contribution in [0, 0.1) is 5.41 Å². The summed E-state index contributed by atoms with van der Waals surface area (Å²) in [6, 6.07) is 8.44. The Kier molecular flexibility index (Phi) is 3.53. The van der Waals surface area contributed by atoms with Crippen LogP contribution < -0.4 is 0 Å². The summed E-state index contributed by atoms with van der Waals surface area (Å²) in [5, 5.41) is 0.794. The zero-order chi connectivity index (χ0) is 12.5. The third-order valence-electron chi connectivity index (χ3n) is 3.63. The first-order valence-electron chi connectivity index (χ1n) is 5.96. The number of fused-ring (bicyclic) bond motifs is 1. The van der Waals surface area contributed by atoms with Gasteiger partial charge in [0.1, 0.15) is 0 Å². The molecule has 2 rings (SSSR count). The summed E-state index contributed by atoms with van der Waals surface area (Å²) in [4.78, 5) is 4.72. The molecule has 1 heterocycles. The van der Waals surface area contributed by atoms with Gasteiger partial charge in [0.25, 0.3) is 0 Å². The predicted octanol–water partition coefficient (Wildman–Crippen LogP) is 4.85. The van der Waals surface area contributed by atoms with Crippen LogP contribution in [0.15, 0.2) is 41.4 Å². The fourth-order valence-electron chi connectivity index (χ4n) is 2.08. The van der Waals surface area contributed by atoms with Crippen molar-refractivity contribution in [3.8, 4) is 0 Å². The average Bonchev–Trinajstić information content (AvgIpc) is 2.33. The third kappa shape index (κ3) is 2.52. The van der Waals surface area contributed by atoms with E-state index in [0.717, 1.165) is 16.7 Å². The molecule has 2 heteroatoms. The largest absolute Gasteiger partial charge is 0.252 e. The van der Waals surface area contributed by atoms with Crippen LogP contribution >= 0.6 is 15.9 Å². The molecule has 1 unspecified atom stereocenters.